The molecule has 1 aliphatic rings. The van der Waals surface area contributed by atoms with E-state index in [0.717, 1.165) is 11.3 Å². The number of carbonyl (C=O) groups excluding carboxylic acids is 1. The minimum absolute atomic E-state index is 0.0731. The van der Waals surface area contributed by atoms with Gasteiger partial charge in [0.05, 0.1) is 11.9 Å². The number of hydrogen-bond acceptors (Lipinski definition) is 3. The van der Waals surface area contributed by atoms with E-state index in [1.54, 1.807) is 11.1 Å². The molecular weight excluding hydrogens is 246 g/mol. The monoisotopic (exact) mass is 259 g/mol. The minimum atomic E-state index is 0.0731. The highest BCUT2D eigenvalue weighted by molar-refractivity contribution is 7.81. The molecule has 1 unspecified atom stereocenters. The van der Waals surface area contributed by atoms with Crippen molar-refractivity contribution in [2.45, 2.75) is 11.7 Å². The fraction of sp³-hybridized carbons (Fsp3) is 0.231. The number of amides is 1. The van der Waals surface area contributed by atoms with Crippen LogP contribution in [0.4, 0.5) is 5.95 Å². The number of thiol groups is 1. The SMILES string of the molecule is O=C1CC(S)CN1c1ncc(-c2ccccc2)[nH]1. The van der Waals surface area contributed by atoms with Crippen LogP contribution in [0.2, 0.25) is 0 Å². The van der Waals surface area contributed by atoms with E-state index in [-0.39, 0.29) is 11.2 Å². The molecule has 1 aliphatic heterocycles. The Labute approximate surface area is 110 Å². The summed E-state index contributed by atoms with van der Waals surface area (Å²) in [5.41, 5.74) is 1.98. The molecule has 92 valence electrons. The molecule has 0 spiro atoms. The lowest BCUT2D eigenvalue weighted by Crippen LogP contribution is -2.25. The molecule has 4 nitrogen and oxygen atoms in total. The number of anilines is 1. The van der Waals surface area contributed by atoms with Crippen molar-refractivity contribution < 1.29 is 4.79 Å². The Morgan fingerprint density at radius 3 is 2.78 bits per heavy atom. The van der Waals surface area contributed by atoms with E-state index in [1.165, 1.54) is 0 Å². The number of imidazole rings is 1. The van der Waals surface area contributed by atoms with Crippen molar-refractivity contribution in [1.82, 2.24) is 9.97 Å². The minimum Gasteiger partial charge on any atom is -0.324 e. The zero-order valence-electron chi connectivity index (χ0n) is 9.71. The van der Waals surface area contributed by atoms with Crippen LogP contribution in [0, 0.1) is 0 Å². The maximum atomic E-state index is 11.7. The second-order valence-electron chi connectivity index (χ2n) is 4.35. The van der Waals surface area contributed by atoms with E-state index in [2.05, 4.69) is 22.6 Å². The Kier molecular flexibility index (Phi) is 2.83. The number of nitrogens with one attached hydrogen (secondary N) is 1. The fourth-order valence-corrected chi connectivity index (χ4v) is 2.43. The quantitative estimate of drug-likeness (QED) is 0.812. The summed E-state index contributed by atoms with van der Waals surface area (Å²) in [4.78, 5) is 20.9. The van der Waals surface area contributed by atoms with Crippen molar-refractivity contribution in [2.75, 3.05) is 11.4 Å². The summed E-state index contributed by atoms with van der Waals surface area (Å²) in [5, 5.41) is 0.0998. The molecule has 1 saturated heterocycles. The molecule has 2 heterocycles. The lowest BCUT2D eigenvalue weighted by atomic mass is 10.2. The topological polar surface area (TPSA) is 49.0 Å². The van der Waals surface area contributed by atoms with Crippen LogP contribution in [0.3, 0.4) is 0 Å². The maximum absolute atomic E-state index is 11.7. The average molecular weight is 259 g/mol. The molecule has 1 atom stereocenters. The van der Waals surface area contributed by atoms with Crippen LogP contribution in [-0.4, -0.2) is 27.7 Å². The Bertz CT molecular complexity index is 567. The Balaban J connectivity index is 1.88. The first-order valence-corrected chi connectivity index (χ1v) is 6.34. The molecule has 3 rings (SSSR count). The van der Waals surface area contributed by atoms with Crippen molar-refractivity contribution in [3.05, 3.63) is 36.5 Å². The van der Waals surface area contributed by atoms with Gasteiger partial charge in [-0.05, 0) is 5.56 Å². The van der Waals surface area contributed by atoms with Gasteiger partial charge in [-0.1, -0.05) is 30.3 Å². The van der Waals surface area contributed by atoms with Gasteiger partial charge < -0.3 is 4.98 Å². The number of H-pyrrole nitrogens is 1. The van der Waals surface area contributed by atoms with Crippen molar-refractivity contribution >= 4 is 24.5 Å². The summed E-state index contributed by atoms with van der Waals surface area (Å²) in [7, 11) is 0. The van der Waals surface area contributed by atoms with Crippen LogP contribution in [-0.2, 0) is 4.79 Å². The molecule has 18 heavy (non-hydrogen) atoms. The molecule has 2 aromatic rings. The Morgan fingerprint density at radius 1 is 1.33 bits per heavy atom. The van der Waals surface area contributed by atoms with Gasteiger partial charge in [-0.2, -0.15) is 12.6 Å². The number of aromatic nitrogens is 2. The molecular formula is C13H13N3OS. The lowest BCUT2D eigenvalue weighted by molar-refractivity contribution is -0.117. The number of hydrogen-bond donors (Lipinski definition) is 2. The molecule has 5 heteroatoms. The van der Waals surface area contributed by atoms with Crippen LogP contribution in [0.5, 0.6) is 0 Å². The fourth-order valence-electron chi connectivity index (χ4n) is 2.11. The number of carbonyl (C=O) groups is 1. The zero-order valence-corrected chi connectivity index (χ0v) is 10.6. The van der Waals surface area contributed by atoms with Gasteiger partial charge in [0.2, 0.25) is 11.9 Å². The van der Waals surface area contributed by atoms with E-state index in [0.29, 0.717) is 18.9 Å². The molecule has 0 saturated carbocycles. The molecule has 1 aromatic carbocycles. The highest BCUT2D eigenvalue weighted by Gasteiger charge is 2.30. The molecule has 1 N–H and O–H groups in total. The standard InChI is InChI=1S/C13H13N3OS/c17-12-6-10(18)8-16(12)13-14-7-11(15-13)9-4-2-1-3-5-9/h1-5,7,10,18H,6,8H2,(H,14,15). The number of rotatable bonds is 2. The summed E-state index contributed by atoms with van der Waals surface area (Å²) in [5.74, 6) is 0.680. The van der Waals surface area contributed by atoms with Crippen LogP contribution in [0.25, 0.3) is 11.3 Å². The first kappa shape index (κ1) is 11.3. The highest BCUT2D eigenvalue weighted by Crippen LogP contribution is 2.24. The van der Waals surface area contributed by atoms with E-state index >= 15 is 0 Å². The van der Waals surface area contributed by atoms with E-state index in [9.17, 15) is 4.79 Å². The van der Waals surface area contributed by atoms with Gasteiger partial charge in [0.25, 0.3) is 0 Å². The third kappa shape index (κ3) is 2.01. The predicted molar refractivity (Wildman–Crippen MR) is 73.8 cm³/mol. The van der Waals surface area contributed by atoms with Crippen LogP contribution >= 0.6 is 12.6 Å². The van der Waals surface area contributed by atoms with Gasteiger partial charge in [0.1, 0.15) is 0 Å². The highest BCUT2D eigenvalue weighted by atomic mass is 32.1. The van der Waals surface area contributed by atoms with E-state index in [1.807, 2.05) is 30.3 Å². The average Bonchev–Trinajstić information content (AvgIpc) is 2.97. The third-order valence-corrected chi connectivity index (χ3v) is 3.35. The lowest BCUT2D eigenvalue weighted by Gasteiger charge is -2.11. The summed E-state index contributed by atoms with van der Waals surface area (Å²) in [6, 6.07) is 9.92. The van der Waals surface area contributed by atoms with Gasteiger partial charge in [-0.3, -0.25) is 9.69 Å². The zero-order chi connectivity index (χ0) is 12.5. The van der Waals surface area contributed by atoms with Crippen molar-refractivity contribution in [2.24, 2.45) is 0 Å². The smallest absolute Gasteiger partial charge is 0.230 e. The third-order valence-electron chi connectivity index (χ3n) is 3.01. The Morgan fingerprint density at radius 2 is 2.11 bits per heavy atom. The molecule has 0 bridgehead atoms. The summed E-state index contributed by atoms with van der Waals surface area (Å²) in [6.45, 7) is 0.615. The van der Waals surface area contributed by atoms with E-state index < -0.39 is 0 Å². The van der Waals surface area contributed by atoms with E-state index in [4.69, 9.17) is 0 Å². The molecule has 1 aromatic heterocycles. The molecule has 1 amide bonds. The number of nitrogens with zero attached hydrogens (tertiary/aromatic N) is 2. The maximum Gasteiger partial charge on any atom is 0.230 e. The van der Waals surface area contributed by atoms with Gasteiger partial charge >= 0.3 is 0 Å². The Hall–Kier alpha value is -1.75. The molecule has 0 aliphatic carbocycles. The van der Waals surface area contributed by atoms with Gasteiger partial charge in [0.15, 0.2) is 0 Å². The first-order valence-electron chi connectivity index (χ1n) is 5.83. The molecule has 1 fully saturated rings. The first-order chi connectivity index (χ1) is 8.74. The van der Waals surface area contributed by atoms with Crippen LogP contribution in [0.1, 0.15) is 6.42 Å². The summed E-state index contributed by atoms with van der Waals surface area (Å²) >= 11 is 4.33. The second-order valence-corrected chi connectivity index (χ2v) is 5.08. The largest absolute Gasteiger partial charge is 0.324 e. The van der Waals surface area contributed by atoms with Gasteiger partial charge in [-0.15, -0.1) is 0 Å². The van der Waals surface area contributed by atoms with Gasteiger partial charge in [-0.25, -0.2) is 4.98 Å². The van der Waals surface area contributed by atoms with Crippen LogP contribution in [0.15, 0.2) is 36.5 Å². The van der Waals surface area contributed by atoms with Crippen LogP contribution < -0.4 is 4.90 Å². The van der Waals surface area contributed by atoms with Crippen molar-refractivity contribution in [3.63, 3.8) is 0 Å². The molecule has 0 radical (unpaired) electrons. The number of aromatic amines is 1. The second kappa shape index (κ2) is 4.49. The summed E-state index contributed by atoms with van der Waals surface area (Å²) < 4.78 is 0. The summed E-state index contributed by atoms with van der Waals surface area (Å²) in [6.07, 6.45) is 2.23. The normalized spacial score (nSPS) is 19.5. The van der Waals surface area contributed by atoms with Crippen molar-refractivity contribution in [3.8, 4) is 11.3 Å². The predicted octanol–water partition coefficient (Wildman–Crippen LogP) is 2.11. The number of benzene rings is 1. The van der Waals surface area contributed by atoms with Gasteiger partial charge in [0, 0.05) is 18.2 Å². The van der Waals surface area contributed by atoms with Crippen molar-refractivity contribution in [1.29, 1.82) is 0 Å².